The van der Waals surface area contributed by atoms with E-state index in [1.165, 1.54) is 0 Å². The maximum absolute atomic E-state index is 4.71. The van der Waals surface area contributed by atoms with Gasteiger partial charge in [0, 0.05) is 11.5 Å². The second-order valence-corrected chi connectivity index (χ2v) is 8.19. The molecule has 0 aliphatic heterocycles. The molecule has 0 spiro atoms. The molecule has 0 fully saturated rings. The lowest BCUT2D eigenvalue weighted by Gasteiger charge is -2.09. The summed E-state index contributed by atoms with van der Waals surface area (Å²) in [6, 6.07) is 2.05. The van der Waals surface area contributed by atoms with Gasteiger partial charge in [0.1, 0.15) is 5.82 Å². The highest BCUT2D eigenvalue weighted by Crippen LogP contribution is 2.37. The molecule has 0 aliphatic rings. The third kappa shape index (κ3) is 3.48. The second kappa shape index (κ2) is 6.82. The van der Waals surface area contributed by atoms with Gasteiger partial charge >= 0.3 is 0 Å². The van der Waals surface area contributed by atoms with Crippen LogP contribution in [0.1, 0.15) is 19.0 Å². The Labute approximate surface area is 147 Å². The van der Waals surface area contributed by atoms with Crippen LogP contribution in [0.25, 0.3) is 10.7 Å². The Hall–Kier alpha value is 0.270. The van der Waals surface area contributed by atoms with Gasteiger partial charge in [0.05, 0.1) is 17.9 Å². The smallest absolute Gasteiger partial charge is 0.172 e. The number of aryl methyl sites for hydroxylation is 1. The summed E-state index contributed by atoms with van der Waals surface area (Å²) in [6.45, 7) is 2.16. The van der Waals surface area contributed by atoms with Crippen LogP contribution in [0, 0.1) is 3.57 Å². The summed E-state index contributed by atoms with van der Waals surface area (Å²) >= 11 is 11.0. The van der Waals surface area contributed by atoms with Crippen molar-refractivity contribution in [2.45, 2.75) is 19.8 Å². The molecule has 2 heterocycles. The van der Waals surface area contributed by atoms with Crippen molar-refractivity contribution < 1.29 is 0 Å². The minimum Gasteiger partial charge on any atom is -0.372 e. The summed E-state index contributed by atoms with van der Waals surface area (Å²) in [5.41, 5.74) is 1.11. The standard InChI is InChI=1S/C12H12Br2IN3S/c1-3-4-7-9(15)12(16-2)18-11(17-7)8-5-6(13)10(14)19-8/h5H,3-4H2,1-2H3,(H,16,17,18). The molecule has 0 saturated heterocycles. The van der Waals surface area contributed by atoms with Gasteiger partial charge in [-0.05, 0) is 66.9 Å². The van der Waals surface area contributed by atoms with Gasteiger partial charge in [-0.3, -0.25) is 0 Å². The molecule has 0 amide bonds. The average Bonchev–Trinajstić information content (AvgIpc) is 2.72. The van der Waals surface area contributed by atoms with Gasteiger partial charge in [-0.25, -0.2) is 9.97 Å². The molecule has 7 heteroatoms. The van der Waals surface area contributed by atoms with Crippen LogP contribution in [-0.2, 0) is 6.42 Å². The lowest BCUT2D eigenvalue weighted by atomic mass is 10.2. The van der Waals surface area contributed by atoms with Crippen LogP contribution in [-0.4, -0.2) is 17.0 Å². The van der Waals surface area contributed by atoms with E-state index in [0.29, 0.717) is 0 Å². The molecule has 2 rings (SSSR count). The third-order valence-corrected chi connectivity index (χ3v) is 6.89. The molecule has 1 N–H and O–H groups in total. The molecule has 102 valence electrons. The molecule has 0 radical (unpaired) electrons. The first-order chi connectivity index (χ1) is 9.06. The van der Waals surface area contributed by atoms with Crippen LogP contribution in [0.3, 0.4) is 0 Å². The normalized spacial score (nSPS) is 10.8. The first-order valence-corrected chi connectivity index (χ1v) is 9.24. The highest BCUT2D eigenvalue weighted by molar-refractivity contribution is 14.1. The van der Waals surface area contributed by atoms with Gasteiger partial charge in [0.25, 0.3) is 0 Å². The number of thiophene rings is 1. The number of halogens is 3. The number of hydrogen-bond donors (Lipinski definition) is 1. The maximum atomic E-state index is 4.71. The predicted molar refractivity (Wildman–Crippen MR) is 97.0 cm³/mol. The molecular weight excluding hydrogens is 505 g/mol. The van der Waals surface area contributed by atoms with Crippen molar-refractivity contribution in [1.29, 1.82) is 0 Å². The fourth-order valence-electron chi connectivity index (χ4n) is 1.63. The average molecular weight is 517 g/mol. The first-order valence-electron chi connectivity index (χ1n) is 5.76. The molecule has 2 aromatic heterocycles. The summed E-state index contributed by atoms with van der Waals surface area (Å²) in [7, 11) is 1.89. The van der Waals surface area contributed by atoms with Crippen LogP contribution < -0.4 is 5.32 Å². The van der Waals surface area contributed by atoms with Crippen molar-refractivity contribution in [3.63, 3.8) is 0 Å². The van der Waals surface area contributed by atoms with E-state index in [-0.39, 0.29) is 0 Å². The van der Waals surface area contributed by atoms with Gasteiger partial charge in [-0.1, -0.05) is 13.3 Å². The molecule has 0 atom stereocenters. The molecule has 0 bridgehead atoms. The molecule has 0 aliphatic carbocycles. The molecular formula is C12H12Br2IN3S. The SMILES string of the molecule is CCCc1nc(-c2cc(Br)c(Br)s2)nc(NC)c1I. The Morgan fingerprint density at radius 2 is 2.11 bits per heavy atom. The van der Waals surface area contributed by atoms with Crippen LogP contribution in [0.4, 0.5) is 5.82 Å². The monoisotopic (exact) mass is 515 g/mol. The highest BCUT2D eigenvalue weighted by atomic mass is 127. The Kier molecular flexibility index (Phi) is 5.62. The van der Waals surface area contributed by atoms with E-state index in [1.54, 1.807) is 11.3 Å². The summed E-state index contributed by atoms with van der Waals surface area (Å²) in [5, 5.41) is 3.15. The van der Waals surface area contributed by atoms with Gasteiger partial charge < -0.3 is 5.32 Å². The van der Waals surface area contributed by atoms with E-state index in [1.807, 2.05) is 13.1 Å². The van der Waals surface area contributed by atoms with Crippen molar-refractivity contribution >= 4 is 71.6 Å². The largest absolute Gasteiger partial charge is 0.372 e. The fourth-order valence-corrected chi connectivity index (χ4v) is 4.38. The van der Waals surface area contributed by atoms with Gasteiger partial charge in [-0.2, -0.15) is 0 Å². The molecule has 19 heavy (non-hydrogen) atoms. The van der Waals surface area contributed by atoms with E-state index < -0.39 is 0 Å². The molecule has 0 unspecified atom stereocenters. The Bertz CT molecular complexity index is 581. The van der Waals surface area contributed by atoms with Crippen molar-refractivity contribution in [3.8, 4) is 10.7 Å². The molecule has 2 aromatic rings. The second-order valence-electron chi connectivity index (χ2n) is 3.89. The van der Waals surface area contributed by atoms with Gasteiger partial charge in [0.2, 0.25) is 0 Å². The topological polar surface area (TPSA) is 37.8 Å². The Morgan fingerprint density at radius 1 is 1.37 bits per heavy atom. The zero-order valence-corrected chi connectivity index (χ0v) is 16.6. The Morgan fingerprint density at radius 3 is 2.63 bits per heavy atom. The van der Waals surface area contributed by atoms with E-state index in [9.17, 15) is 0 Å². The van der Waals surface area contributed by atoms with E-state index >= 15 is 0 Å². The minimum absolute atomic E-state index is 0.782. The van der Waals surface area contributed by atoms with Crippen molar-refractivity contribution in [3.05, 3.63) is 23.6 Å². The first kappa shape index (κ1) is 15.7. The van der Waals surface area contributed by atoms with Gasteiger partial charge in [0.15, 0.2) is 5.82 Å². The molecule has 3 nitrogen and oxygen atoms in total. The van der Waals surface area contributed by atoms with Crippen molar-refractivity contribution in [2.75, 3.05) is 12.4 Å². The molecule has 0 saturated carbocycles. The maximum Gasteiger partial charge on any atom is 0.172 e. The fraction of sp³-hybridized carbons (Fsp3) is 0.333. The lowest BCUT2D eigenvalue weighted by molar-refractivity contribution is 0.868. The third-order valence-electron chi connectivity index (χ3n) is 2.51. The van der Waals surface area contributed by atoms with Crippen LogP contribution in [0.2, 0.25) is 0 Å². The minimum atomic E-state index is 0.782. The zero-order valence-electron chi connectivity index (χ0n) is 10.4. The predicted octanol–water partition coefficient (Wildman–Crippen LogP) is 5.33. The quantitative estimate of drug-likeness (QED) is 0.558. The van der Waals surface area contributed by atoms with E-state index in [4.69, 9.17) is 4.98 Å². The van der Waals surface area contributed by atoms with Gasteiger partial charge in [-0.15, -0.1) is 11.3 Å². The van der Waals surface area contributed by atoms with Crippen LogP contribution in [0.5, 0.6) is 0 Å². The number of hydrogen-bond acceptors (Lipinski definition) is 4. The van der Waals surface area contributed by atoms with Crippen molar-refractivity contribution in [1.82, 2.24) is 9.97 Å². The summed E-state index contributed by atoms with van der Waals surface area (Å²) in [6.07, 6.45) is 2.05. The number of nitrogens with zero attached hydrogens (tertiary/aromatic N) is 2. The summed E-state index contributed by atoms with van der Waals surface area (Å²) in [4.78, 5) is 10.4. The number of anilines is 1. The Balaban J connectivity index is 2.54. The van der Waals surface area contributed by atoms with E-state index in [0.717, 1.165) is 46.9 Å². The van der Waals surface area contributed by atoms with E-state index in [2.05, 4.69) is 71.7 Å². The number of rotatable bonds is 4. The zero-order chi connectivity index (χ0) is 14.0. The number of aromatic nitrogens is 2. The molecule has 0 aromatic carbocycles. The van der Waals surface area contributed by atoms with Crippen LogP contribution in [0.15, 0.2) is 14.3 Å². The summed E-state index contributed by atoms with van der Waals surface area (Å²) < 4.78 is 3.21. The highest BCUT2D eigenvalue weighted by Gasteiger charge is 2.14. The number of nitrogens with one attached hydrogen (secondary N) is 1. The summed E-state index contributed by atoms with van der Waals surface area (Å²) in [5.74, 6) is 1.68. The van der Waals surface area contributed by atoms with Crippen LogP contribution >= 0.6 is 65.8 Å². The van der Waals surface area contributed by atoms with Crippen molar-refractivity contribution in [2.24, 2.45) is 0 Å². The lowest BCUT2D eigenvalue weighted by Crippen LogP contribution is -2.04.